The molecule has 0 aliphatic rings. The molecule has 1 N–H and O–H groups in total. The maximum Gasteiger partial charge on any atom is 0.342 e. The number of esters is 1. The molecule has 0 spiro atoms. The number of halogens is 1. The molecule has 0 radical (unpaired) electrons. The highest BCUT2D eigenvalue weighted by Crippen LogP contribution is 2.38. The van der Waals surface area contributed by atoms with Crippen molar-refractivity contribution >= 4 is 28.9 Å². The average molecular weight is 283 g/mol. The van der Waals surface area contributed by atoms with Crippen molar-refractivity contribution in [2.75, 3.05) is 6.61 Å². The quantitative estimate of drug-likeness (QED) is 0.867. The van der Waals surface area contributed by atoms with Crippen LogP contribution in [0.25, 0.3) is 10.4 Å². The molecular formula is C13H11ClO3S. The fourth-order valence-electron chi connectivity index (χ4n) is 1.51. The first kappa shape index (κ1) is 12.9. The van der Waals surface area contributed by atoms with Gasteiger partial charge in [0.05, 0.1) is 11.5 Å². The summed E-state index contributed by atoms with van der Waals surface area (Å²) < 4.78 is 4.86. The Kier molecular flexibility index (Phi) is 3.89. The van der Waals surface area contributed by atoms with E-state index >= 15 is 0 Å². The Morgan fingerprint density at radius 2 is 2.06 bits per heavy atom. The van der Waals surface area contributed by atoms with E-state index in [1.165, 1.54) is 11.3 Å². The first-order valence-electron chi connectivity index (χ1n) is 5.37. The zero-order valence-electron chi connectivity index (χ0n) is 9.64. The number of ether oxygens (including phenoxy) is 1. The number of aromatic hydroxyl groups is 1. The van der Waals surface area contributed by atoms with E-state index in [0.29, 0.717) is 9.90 Å². The zero-order valence-corrected chi connectivity index (χ0v) is 11.2. The second-order valence-corrected chi connectivity index (χ2v) is 4.87. The van der Waals surface area contributed by atoms with Crippen LogP contribution in [0.3, 0.4) is 0 Å². The number of carbonyl (C=O) groups excluding carboxylic acids is 1. The van der Waals surface area contributed by atoms with Gasteiger partial charge in [-0.3, -0.25) is 0 Å². The molecule has 5 heteroatoms. The Hall–Kier alpha value is -1.52. The van der Waals surface area contributed by atoms with E-state index in [0.717, 1.165) is 5.56 Å². The van der Waals surface area contributed by atoms with Crippen molar-refractivity contribution in [3.05, 3.63) is 40.2 Å². The van der Waals surface area contributed by atoms with Gasteiger partial charge in [-0.2, -0.15) is 0 Å². The van der Waals surface area contributed by atoms with Crippen LogP contribution in [-0.2, 0) is 4.74 Å². The van der Waals surface area contributed by atoms with E-state index in [9.17, 15) is 9.90 Å². The van der Waals surface area contributed by atoms with Crippen molar-refractivity contribution < 1.29 is 14.6 Å². The number of carbonyl (C=O) groups is 1. The Morgan fingerprint density at radius 1 is 1.39 bits per heavy atom. The molecule has 0 atom stereocenters. The summed E-state index contributed by atoms with van der Waals surface area (Å²) in [6.45, 7) is 2.01. The highest BCUT2D eigenvalue weighted by molar-refractivity contribution is 7.14. The fraction of sp³-hybridized carbons (Fsp3) is 0.154. The normalized spacial score (nSPS) is 10.3. The molecule has 0 saturated carbocycles. The van der Waals surface area contributed by atoms with Gasteiger partial charge in [-0.05, 0) is 24.6 Å². The second kappa shape index (κ2) is 5.42. The van der Waals surface area contributed by atoms with Gasteiger partial charge in [0.25, 0.3) is 0 Å². The van der Waals surface area contributed by atoms with Crippen LogP contribution in [-0.4, -0.2) is 17.7 Å². The van der Waals surface area contributed by atoms with Crippen LogP contribution < -0.4 is 0 Å². The number of thiophene rings is 1. The van der Waals surface area contributed by atoms with E-state index in [-0.39, 0.29) is 17.9 Å². The molecule has 0 aliphatic heterocycles. The van der Waals surface area contributed by atoms with E-state index in [2.05, 4.69) is 0 Å². The van der Waals surface area contributed by atoms with Crippen molar-refractivity contribution in [2.24, 2.45) is 0 Å². The molecule has 1 aromatic heterocycles. The molecule has 18 heavy (non-hydrogen) atoms. The molecule has 0 saturated heterocycles. The minimum absolute atomic E-state index is 0.0410. The van der Waals surface area contributed by atoms with Crippen LogP contribution in [0.15, 0.2) is 29.6 Å². The van der Waals surface area contributed by atoms with Gasteiger partial charge in [0.15, 0.2) is 0 Å². The molecular weight excluding hydrogens is 272 g/mol. The van der Waals surface area contributed by atoms with Gasteiger partial charge in [-0.1, -0.05) is 23.7 Å². The molecule has 1 aromatic carbocycles. The zero-order chi connectivity index (χ0) is 13.1. The summed E-state index contributed by atoms with van der Waals surface area (Å²) in [6, 6.07) is 7.06. The highest BCUT2D eigenvalue weighted by Gasteiger charge is 2.18. The predicted molar refractivity (Wildman–Crippen MR) is 72.4 cm³/mol. The number of rotatable bonds is 3. The lowest BCUT2D eigenvalue weighted by Crippen LogP contribution is -2.03. The number of benzene rings is 1. The van der Waals surface area contributed by atoms with Crippen LogP contribution in [0.4, 0.5) is 0 Å². The van der Waals surface area contributed by atoms with Gasteiger partial charge in [-0.15, -0.1) is 11.3 Å². The third-order valence-corrected chi connectivity index (χ3v) is 3.64. The van der Waals surface area contributed by atoms with E-state index < -0.39 is 5.97 Å². The first-order valence-corrected chi connectivity index (χ1v) is 6.62. The summed E-state index contributed by atoms with van der Waals surface area (Å²) in [7, 11) is 0. The van der Waals surface area contributed by atoms with Crippen LogP contribution >= 0.6 is 22.9 Å². The monoisotopic (exact) mass is 282 g/mol. The maximum atomic E-state index is 11.6. The second-order valence-electron chi connectivity index (χ2n) is 3.55. The maximum absolute atomic E-state index is 11.6. The topological polar surface area (TPSA) is 46.5 Å². The Morgan fingerprint density at radius 3 is 2.67 bits per heavy atom. The Bertz CT molecular complexity index is 560. The van der Waals surface area contributed by atoms with E-state index in [1.54, 1.807) is 36.6 Å². The van der Waals surface area contributed by atoms with Gasteiger partial charge < -0.3 is 9.84 Å². The van der Waals surface area contributed by atoms with Gasteiger partial charge in [-0.25, -0.2) is 4.79 Å². The molecule has 3 nitrogen and oxygen atoms in total. The summed E-state index contributed by atoms with van der Waals surface area (Å²) >= 11 is 7.10. The number of hydrogen-bond donors (Lipinski definition) is 1. The lowest BCUT2D eigenvalue weighted by Gasteiger charge is -2.02. The fourth-order valence-corrected chi connectivity index (χ4v) is 2.57. The molecule has 0 amide bonds. The smallest absolute Gasteiger partial charge is 0.342 e. The Labute approximate surface area is 114 Å². The van der Waals surface area contributed by atoms with E-state index in [4.69, 9.17) is 16.3 Å². The Balaban J connectivity index is 2.36. The molecule has 2 aromatic rings. The summed E-state index contributed by atoms with van der Waals surface area (Å²) in [5.41, 5.74) is 1.02. The van der Waals surface area contributed by atoms with Crippen LogP contribution in [0.2, 0.25) is 5.02 Å². The standard InChI is InChI=1S/C13H11ClO3S/c1-2-17-13(16)10-7-18-12(11(10)15)8-3-5-9(14)6-4-8/h3-7,15H,2H2,1H3. The van der Waals surface area contributed by atoms with E-state index in [1.807, 2.05) is 0 Å². The van der Waals surface area contributed by atoms with Gasteiger partial charge >= 0.3 is 5.97 Å². The summed E-state index contributed by atoms with van der Waals surface area (Å²) in [5, 5.41) is 12.2. The highest BCUT2D eigenvalue weighted by atomic mass is 35.5. The molecule has 0 unspecified atom stereocenters. The van der Waals surface area contributed by atoms with Crippen molar-refractivity contribution in [1.29, 1.82) is 0 Å². The minimum Gasteiger partial charge on any atom is -0.506 e. The van der Waals surface area contributed by atoms with Crippen molar-refractivity contribution in [3.63, 3.8) is 0 Å². The van der Waals surface area contributed by atoms with Gasteiger partial charge in [0.2, 0.25) is 0 Å². The average Bonchev–Trinajstić information content (AvgIpc) is 2.73. The van der Waals surface area contributed by atoms with Gasteiger partial charge in [0.1, 0.15) is 11.3 Å². The minimum atomic E-state index is -0.508. The SMILES string of the molecule is CCOC(=O)c1csc(-c2ccc(Cl)cc2)c1O. The molecule has 0 bridgehead atoms. The lowest BCUT2D eigenvalue weighted by atomic mass is 10.1. The largest absolute Gasteiger partial charge is 0.506 e. The summed E-state index contributed by atoms with van der Waals surface area (Å²) in [5.74, 6) is -0.549. The van der Waals surface area contributed by atoms with Gasteiger partial charge in [0, 0.05) is 10.4 Å². The van der Waals surface area contributed by atoms with Crippen LogP contribution in [0.5, 0.6) is 5.75 Å². The van der Waals surface area contributed by atoms with Crippen molar-refractivity contribution in [1.82, 2.24) is 0 Å². The lowest BCUT2D eigenvalue weighted by molar-refractivity contribution is 0.0524. The van der Waals surface area contributed by atoms with Crippen molar-refractivity contribution in [2.45, 2.75) is 6.92 Å². The molecule has 0 fully saturated rings. The molecule has 2 rings (SSSR count). The third kappa shape index (κ3) is 2.49. The summed E-state index contributed by atoms with van der Waals surface area (Å²) in [4.78, 5) is 12.2. The predicted octanol–water partition coefficient (Wildman–Crippen LogP) is 3.95. The van der Waals surface area contributed by atoms with Crippen molar-refractivity contribution in [3.8, 4) is 16.2 Å². The van der Waals surface area contributed by atoms with Crippen LogP contribution in [0.1, 0.15) is 17.3 Å². The molecule has 0 aliphatic carbocycles. The molecule has 94 valence electrons. The number of hydrogen-bond acceptors (Lipinski definition) is 4. The first-order chi connectivity index (χ1) is 8.63. The van der Waals surface area contributed by atoms with Crippen LogP contribution in [0, 0.1) is 0 Å². The molecule has 1 heterocycles. The third-order valence-electron chi connectivity index (χ3n) is 2.37. The summed E-state index contributed by atoms with van der Waals surface area (Å²) in [6.07, 6.45) is 0.